The van der Waals surface area contributed by atoms with Crippen LogP contribution >= 0.6 is 11.8 Å². The standard InChI is InChI=1S/C19H23N5O2S/c1-4-8-13(3)20-16(25)12-27-19-22-21-18-23(11-5-2)17(26)14-9-6-7-10-15(14)24(18)19/h5-7,9-10,13H,2,4,8,11-12H2,1,3H3,(H,20,25)/t13-/m1/s1. The number of rotatable bonds is 8. The van der Waals surface area contributed by atoms with Gasteiger partial charge in [0, 0.05) is 12.6 Å². The van der Waals surface area contributed by atoms with E-state index in [1.165, 1.54) is 16.3 Å². The molecule has 0 aliphatic carbocycles. The minimum absolute atomic E-state index is 0.0404. The van der Waals surface area contributed by atoms with Crippen LogP contribution in [0.15, 0.2) is 46.9 Å². The van der Waals surface area contributed by atoms with Crippen LogP contribution in [0.5, 0.6) is 0 Å². The van der Waals surface area contributed by atoms with Crippen molar-refractivity contribution < 1.29 is 4.79 Å². The number of carbonyl (C=O) groups is 1. The highest BCUT2D eigenvalue weighted by atomic mass is 32.2. The predicted octanol–water partition coefficient (Wildman–Crippen LogP) is 2.63. The number of benzene rings is 1. The molecule has 0 fully saturated rings. The molecule has 2 heterocycles. The third-order valence-corrected chi connectivity index (χ3v) is 5.18. The molecule has 142 valence electrons. The molecule has 0 bridgehead atoms. The molecule has 8 heteroatoms. The number of amides is 1. The van der Waals surface area contributed by atoms with Gasteiger partial charge in [-0.3, -0.25) is 18.6 Å². The molecule has 1 aromatic carbocycles. The van der Waals surface area contributed by atoms with E-state index in [1.807, 2.05) is 29.5 Å². The van der Waals surface area contributed by atoms with Gasteiger partial charge in [0.1, 0.15) is 0 Å². The van der Waals surface area contributed by atoms with Crippen LogP contribution in [0.1, 0.15) is 26.7 Å². The molecular formula is C19H23N5O2S. The topological polar surface area (TPSA) is 81.3 Å². The van der Waals surface area contributed by atoms with Gasteiger partial charge >= 0.3 is 0 Å². The molecule has 1 atom stereocenters. The third-order valence-electron chi connectivity index (χ3n) is 4.25. The number of allylic oxidation sites excluding steroid dienone is 1. The fourth-order valence-corrected chi connectivity index (χ4v) is 3.82. The van der Waals surface area contributed by atoms with Gasteiger partial charge in [0.25, 0.3) is 5.56 Å². The molecule has 0 saturated heterocycles. The number of hydrogen-bond donors (Lipinski definition) is 1. The van der Waals surface area contributed by atoms with Gasteiger partial charge in [-0.1, -0.05) is 43.3 Å². The predicted molar refractivity (Wildman–Crippen MR) is 108 cm³/mol. The fraction of sp³-hybridized carbons (Fsp3) is 0.368. The van der Waals surface area contributed by atoms with Crippen LogP contribution in [-0.4, -0.2) is 36.9 Å². The summed E-state index contributed by atoms with van der Waals surface area (Å²) in [6.45, 7) is 8.15. The van der Waals surface area contributed by atoms with Crippen molar-refractivity contribution in [2.45, 2.75) is 44.4 Å². The lowest BCUT2D eigenvalue weighted by molar-refractivity contribution is -0.119. The van der Waals surface area contributed by atoms with E-state index in [0.29, 0.717) is 22.9 Å². The molecule has 0 unspecified atom stereocenters. The molecule has 0 spiro atoms. The summed E-state index contributed by atoms with van der Waals surface area (Å²) in [5.41, 5.74) is 0.596. The first-order chi connectivity index (χ1) is 13.1. The maximum atomic E-state index is 12.8. The minimum atomic E-state index is -0.131. The Morgan fingerprint density at radius 3 is 2.89 bits per heavy atom. The van der Waals surface area contributed by atoms with Gasteiger partial charge in [0.05, 0.1) is 16.7 Å². The van der Waals surface area contributed by atoms with Crippen LogP contribution in [0.3, 0.4) is 0 Å². The molecule has 0 aliphatic rings. The Kier molecular flexibility index (Phi) is 5.95. The summed E-state index contributed by atoms with van der Waals surface area (Å²) in [6.07, 6.45) is 3.62. The summed E-state index contributed by atoms with van der Waals surface area (Å²) >= 11 is 1.31. The van der Waals surface area contributed by atoms with E-state index in [2.05, 4.69) is 29.0 Å². The van der Waals surface area contributed by atoms with Crippen molar-refractivity contribution in [2.24, 2.45) is 0 Å². The number of para-hydroxylation sites is 1. The Balaban J connectivity index is 1.97. The summed E-state index contributed by atoms with van der Waals surface area (Å²) in [4.78, 5) is 24.9. The fourth-order valence-electron chi connectivity index (χ4n) is 3.07. The first kappa shape index (κ1) is 19.2. The Bertz CT molecular complexity index is 1040. The molecule has 0 radical (unpaired) electrons. The van der Waals surface area contributed by atoms with E-state index in [9.17, 15) is 9.59 Å². The maximum absolute atomic E-state index is 12.8. The molecule has 0 aliphatic heterocycles. The summed E-state index contributed by atoms with van der Waals surface area (Å²) in [5.74, 6) is 0.645. The van der Waals surface area contributed by atoms with E-state index >= 15 is 0 Å². The lowest BCUT2D eigenvalue weighted by Crippen LogP contribution is -2.33. The molecule has 1 amide bonds. The summed E-state index contributed by atoms with van der Waals surface area (Å²) in [7, 11) is 0. The molecule has 7 nitrogen and oxygen atoms in total. The number of thioether (sulfide) groups is 1. The highest BCUT2D eigenvalue weighted by Gasteiger charge is 2.17. The van der Waals surface area contributed by atoms with Gasteiger partial charge in [-0.15, -0.1) is 16.8 Å². The normalized spacial score (nSPS) is 12.4. The van der Waals surface area contributed by atoms with Crippen LogP contribution in [0.25, 0.3) is 16.7 Å². The Labute approximate surface area is 161 Å². The van der Waals surface area contributed by atoms with Crippen LogP contribution in [-0.2, 0) is 11.3 Å². The van der Waals surface area contributed by atoms with Gasteiger partial charge in [0.15, 0.2) is 5.16 Å². The second-order valence-electron chi connectivity index (χ2n) is 6.39. The SMILES string of the molecule is C=CCn1c(=O)c2ccccc2n2c(SCC(=O)N[C@H](C)CCC)nnc12. The third kappa shape index (κ3) is 3.90. The zero-order chi connectivity index (χ0) is 19.4. The van der Waals surface area contributed by atoms with Gasteiger partial charge in [-0.25, -0.2) is 0 Å². The van der Waals surface area contributed by atoms with Gasteiger partial charge in [-0.05, 0) is 25.5 Å². The summed E-state index contributed by atoms with van der Waals surface area (Å²) in [5, 5.41) is 12.6. The van der Waals surface area contributed by atoms with Gasteiger partial charge < -0.3 is 5.32 Å². The van der Waals surface area contributed by atoms with Crippen molar-refractivity contribution in [1.82, 2.24) is 24.5 Å². The number of hydrogen-bond acceptors (Lipinski definition) is 5. The Morgan fingerprint density at radius 1 is 1.37 bits per heavy atom. The number of fused-ring (bicyclic) bond motifs is 3. The van der Waals surface area contributed by atoms with E-state index in [1.54, 1.807) is 12.1 Å². The zero-order valence-electron chi connectivity index (χ0n) is 15.5. The second-order valence-corrected chi connectivity index (χ2v) is 7.33. The molecule has 2 aromatic heterocycles. The van der Waals surface area contributed by atoms with Crippen molar-refractivity contribution in [3.05, 3.63) is 47.3 Å². The van der Waals surface area contributed by atoms with Crippen LogP contribution in [0.4, 0.5) is 0 Å². The molecule has 0 saturated carbocycles. The first-order valence-corrected chi connectivity index (χ1v) is 9.95. The highest BCUT2D eigenvalue weighted by Crippen LogP contribution is 2.21. The maximum Gasteiger partial charge on any atom is 0.263 e. The Hall–Kier alpha value is -2.61. The molecule has 3 rings (SSSR count). The largest absolute Gasteiger partial charge is 0.353 e. The molecule has 1 N–H and O–H groups in total. The highest BCUT2D eigenvalue weighted by molar-refractivity contribution is 7.99. The lowest BCUT2D eigenvalue weighted by Gasteiger charge is -2.12. The zero-order valence-corrected chi connectivity index (χ0v) is 16.3. The van der Waals surface area contributed by atoms with E-state index in [4.69, 9.17) is 0 Å². The van der Waals surface area contributed by atoms with Crippen molar-refractivity contribution in [3.63, 3.8) is 0 Å². The second kappa shape index (κ2) is 8.39. The minimum Gasteiger partial charge on any atom is -0.353 e. The van der Waals surface area contributed by atoms with Crippen LogP contribution in [0.2, 0.25) is 0 Å². The number of nitrogens with zero attached hydrogens (tertiary/aromatic N) is 4. The number of nitrogens with one attached hydrogen (secondary N) is 1. The van der Waals surface area contributed by atoms with Crippen molar-refractivity contribution in [1.29, 1.82) is 0 Å². The Morgan fingerprint density at radius 2 is 2.15 bits per heavy atom. The molecular weight excluding hydrogens is 362 g/mol. The first-order valence-electron chi connectivity index (χ1n) is 8.96. The average molecular weight is 385 g/mol. The lowest BCUT2D eigenvalue weighted by atomic mass is 10.2. The smallest absolute Gasteiger partial charge is 0.263 e. The number of carbonyl (C=O) groups excluding carboxylic acids is 1. The van der Waals surface area contributed by atoms with E-state index < -0.39 is 0 Å². The van der Waals surface area contributed by atoms with Gasteiger partial charge in [0.2, 0.25) is 11.7 Å². The van der Waals surface area contributed by atoms with Crippen LogP contribution in [0, 0.1) is 0 Å². The number of aromatic nitrogens is 4. The van der Waals surface area contributed by atoms with E-state index in [-0.39, 0.29) is 23.3 Å². The van der Waals surface area contributed by atoms with Crippen molar-refractivity contribution in [3.8, 4) is 0 Å². The van der Waals surface area contributed by atoms with Crippen LogP contribution < -0.4 is 10.9 Å². The van der Waals surface area contributed by atoms with Gasteiger partial charge in [-0.2, -0.15) is 0 Å². The quantitative estimate of drug-likeness (QED) is 0.476. The summed E-state index contributed by atoms with van der Waals surface area (Å²) < 4.78 is 3.36. The monoisotopic (exact) mass is 385 g/mol. The molecule has 27 heavy (non-hydrogen) atoms. The molecule has 3 aromatic rings. The van der Waals surface area contributed by atoms with Crippen molar-refractivity contribution >= 4 is 34.3 Å². The van der Waals surface area contributed by atoms with E-state index in [0.717, 1.165) is 18.4 Å². The average Bonchev–Trinajstić information content (AvgIpc) is 3.07. The summed E-state index contributed by atoms with van der Waals surface area (Å²) in [6, 6.07) is 7.49. The van der Waals surface area contributed by atoms with Crippen molar-refractivity contribution in [2.75, 3.05) is 5.75 Å².